The average Bonchev–Trinajstić information content (AvgIpc) is 2.70. The molecule has 136 valence electrons. The van der Waals surface area contributed by atoms with Gasteiger partial charge >= 0.3 is 0 Å². The Hall–Kier alpha value is -3.28. The van der Waals surface area contributed by atoms with Gasteiger partial charge in [0.15, 0.2) is 0 Å². The first-order chi connectivity index (χ1) is 13.1. The molecule has 0 radical (unpaired) electrons. The summed E-state index contributed by atoms with van der Waals surface area (Å²) in [4.78, 5) is 23.1. The van der Waals surface area contributed by atoms with E-state index in [0.717, 1.165) is 16.8 Å². The molecule has 0 aliphatic carbocycles. The summed E-state index contributed by atoms with van der Waals surface area (Å²) in [6, 6.07) is 14.2. The molecule has 4 rings (SSSR count). The van der Waals surface area contributed by atoms with Crippen LogP contribution in [-0.2, 0) is 6.42 Å². The molecule has 27 heavy (non-hydrogen) atoms. The normalized spacial score (nSPS) is 15.9. The van der Waals surface area contributed by atoms with Crippen molar-refractivity contribution in [3.8, 4) is 0 Å². The highest BCUT2D eigenvalue weighted by Gasteiger charge is 2.28. The molecule has 1 aromatic heterocycles. The number of anilines is 2. The Morgan fingerprint density at radius 2 is 1.89 bits per heavy atom. The number of halogens is 1. The molecule has 1 N–H and O–H groups in total. The Balaban J connectivity index is 1.51. The van der Waals surface area contributed by atoms with E-state index in [-0.39, 0.29) is 17.8 Å². The smallest absolute Gasteiger partial charge is 0.257 e. The van der Waals surface area contributed by atoms with Crippen molar-refractivity contribution < 1.29 is 9.18 Å². The van der Waals surface area contributed by atoms with Gasteiger partial charge in [-0.1, -0.05) is 24.3 Å². The average molecular weight is 362 g/mol. The van der Waals surface area contributed by atoms with Crippen LogP contribution in [0.5, 0.6) is 0 Å². The molecule has 0 spiro atoms. The molecule has 5 nitrogen and oxygen atoms in total. The molecule has 0 saturated carbocycles. The topological polar surface area (TPSA) is 58.1 Å². The van der Waals surface area contributed by atoms with E-state index in [1.807, 2.05) is 37.3 Å². The second kappa shape index (κ2) is 7.15. The lowest BCUT2D eigenvalue weighted by Gasteiger charge is -2.35. The summed E-state index contributed by atoms with van der Waals surface area (Å²) in [5.74, 6) is -0.00453. The van der Waals surface area contributed by atoms with E-state index >= 15 is 0 Å². The number of nitrogens with zero attached hydrogens (tertiary/aromatic N) is 3. The van der Waals surface area contributed by atoms with Crippen LogP contribution < -0.4 is 5.32 Å². The Kier molecular flexibility index (Phi) is 4.54. The SMILES string of the molecule is C[C@@H]1c2cc(F)ccc2CCN1C(=O)c1cnc(Nc2ccccc2)nc1. The fourth-order valence-electron chi connectivity index (χ4n) is 3.38. The Morgan fingerprint density at radius 3 is 2.63 bits per heavy atom. The van der Waals surface area contributed by atoms with Gasteiger partial charge < -0.3 is 10.2 Å². The summed E-state index contributed by atoms with van der Waals surface area (Å²) >= 11 is 0. The van der Waals surface area contributed by atoms with Crippen molar-refractivity contribution in [3.05, 3.63) is 83.4 Å². The van der Waals surface area contributed by atoms with Gasteiger partial charge in [0, 0.05) is 24.6 Å². The predicted octanol–water partition coefficient (Wildman–Crippen LogP) is 4.12. The summed E-state index contributed by atoms with van der Waals surface area (Å²) in [5.41, 5.74) is 3.24. The number of rotatable bonds is 3. The molecule has 0 bridgehead atoms. The predicted molar refractivity (Wildman–Crippen MR) is 101 cm³/mol. The van der Waals surface area contributed by atoms with E-state index < -0.39 is 0 Å². The van der Waals surface area contributed by atoms with Gasteiger partial charge in [0.05, 0.1) is 11.6 Å². The molecule has 1 amide bonds. The number of hydrogen-bond acceptors (Lipinski definition) is 4. The van der Waals surface area contributed by atoms with Crippen molar-refractivity contribution >= 4 is 17.5 Å². The van der Waals surface area contributed by atoms with Crippen molar-refractivity contribution in [1.29, 1.82) is 0 Å². The molecular formula is C21H19FN4O. The second-order valence-corrected chi connectivity index (χ2v) is 6.55. The van der Waals surface area contributed by atoms with Gasteiger partial charge in [0.1, 0.15) is 5.82 Å². The largest absolute Gasteiger partial charge is 0.331 e. The summed E-state index contributed by atoms with van der Waals surface area (Å²) in [6.45, 7) is 2.50. The van der Waals surface area contributed by atoms with Gasteiger partial charge in [0.2, 0.25) is 5.95 Å². The molecule has 0 saturated heterocycles. The van der Waals surface area contributed by atoms with E-state index in [2.05, 4.69) is 15.3 Å². The number of aromatic nitrogens is 2. The molecule has 1 aliphatic rings. The Labute approximate surface area is 156 Å². The first-order valence-corrected chi connectivity index (χ1v) is 8.85. The van der Waals surface area contributed by atoms with Crippen LogP contribution in [0.15, 0.2) is 60.9 Å². The standard InChI is InChI=1S/C21H19FN4O/c1-14-19-11-17(22)8-7-15(19)9-10-26(14)20(27)16-12-23-21(24-13-16)25-18-5-3-2-4-6-18/h2-8,11-14H,9-10H2,1H3,(H,23,24,25)/t14-/m1/s1. The Bertz CT molecular complexity index is 960. The number of hydrogen-bond donors (Lipinski definition) is 1. The number of carbonyl (C=O) groups excluding carboxylic acids is 1. The fraction of sp³-hybridized carbons (Fsp3) is 0.190. The number of benzene rings is 2. The molecule has 1 aliphatic heterocycles. The lowest BCUT2D eigenvalue weighted by molar-refractivity contribution is 0.0676. The van der Waals surface area contributed by atoms with Crippen LogP contribution in [0.25, 0.3) is 0 Å². The van der Waals surface area contributed by atoms with Crippen LogP contribution in [0.3, 0.4) is 0 Å². The van der Waals surface area contributed by atoms with Gasteiger partial charge in [0.25, 0.3) is 5.91 Å². The van der Waals surface area contributed by atoms with E-state index in [9.17, 15) is 9.18 Å². The van der Waals surface area contributed by atoms with Gasteiger partial charge in [-0.25, -0.2) is 14.4 Å². The van der Waals surface area contributed by atoms with Crippen LogP contribution in [0.4, 0.5) is 16.0 Å². The minimum absolute atomic E-state index is 0.149. The third kappa shape index (κ3) is 3.51. The quantitative estimate of drug-likeness (QED) is 0.761. The molecule has 0 unspecified atom stereocenters. The molecular weight excluding hydrogens is 343 g/mol. The summed E-state index contributed by atoms with van der Waals surface area (Å²) in [6.07, 6.45) is 3.75. The molecule has 6 heteroatoms. The third-order valence-corrected chi connectivity index (χ3v) is 4.84. The van der Waals surface area contributed by atoms with Crippen LogP contribution in [-0.4, -0.2) is 27.3 Å². The first-order valence-electron chi connectivity index (χ1n) is 8.85. The van der Waals surface area contributed by atoms with E-state index in [4.69, 9.17) is 0 Å². The van der Waals surface area contributed by atoms with Crippen LogP contribution in [0, 0.1) is 5.82 Å². The Morgan fingerprint density at radius 1 is 1.15 bits per heavy atom. The van der Waals surface area contributed by atoms with Crippen molar-refractivity contribution in [2.24, 2.45) is 0 Å². The number of amides is 1. The maximum atomic E-state index is 13.6. The number of carbonyl (C=O) groups is 1. The zero-order chi connectivity index (χ0) is 18.8. The van der Waals surface area contributed by atoms with Crippen LogP contribution in [0.1, 0.15) is 34.5 Å². The monoisotopic (exact) mass is 362 g/mol. The molecule has 2 heterocycles. The van der Waals surface area contributed by atoms with Crippen molar-refractivity contribution in [2.45, 2.75) is 19.4 Å². The van der Waals surface area contributed by atoms with E-state index in [0.29, 0.717) is 24.5 Å². The lowest BCUT2D eigenvalue weighted by atomic mass is 9.93. The molecule has 3 aromatic rings. The first kappa shape index (κ1) is 17.1. The number of nitrogens with one attached hydrogen (secondary N) is 1. The fourth-order valence-corrected chi connectivity index (χ4v) is 3.38. The van der Waals surface area contributed by atoms with E-state index in [1.54, 1.807) is 11.0 Å². The van der Waals surface area contributed by atoms with Crippen LogP contribution >= 0.6 is 0 Å². The maximum Gasteiger partial charge on any atom is 0.257 e. The van der Waals surface area contributed by atoms with Crippen LogP contribution in [0.2, 0.25) is 0 Å². The zero-order valence-electron chi connectivity index (χ0n) is 14.9. The summed E-state index contributed by atoms with van der Waals surface area (Å²) in [7, 11) is 0. The van der Waals surface area contributed by atoms with Crippen molar-refractivity contribution in [2.75, 3.05) is 11.9 Å². The van der Waals surface area contributed by atoms with Crippen molar-refractivity contribution in [1.82, 2.24) is 14.9 Å². The highest BCUT2D eigenvalue weighted by Crippen LogP contribution is 2.31. The maximum absolute atomic E-state index is 13.6. The van der Waals surface area contributed by atoms with Gasteiger partial charge in [-0.05, 0) is 48.7 Å². The highest BCUT2D eigenvalue weighted by atomic mass is 19.1. The van der Waals surface area contributed by atoms with E-state index in [1.165, 1.54) is 24.5 Å². The molecule has 1 atom stereocenters. The van der Waals surface area contributed by atoms with Gasteiger partial charge in [-0.15, -0.1) is 0 Å². The minimum Gasteiger partial charge on any atom is -0.331 e. The minimum atomic E-state index is -0.283. The van der Waals surface area contributed by atoms with Gasteiger partial charge in [-0.3, -0.25) is 4.79 Å². The third-order valence-electron chi connectivity index (χ3n) is 4.84. The zero-order valence-corrected chi connectivity index (χ0v) is 14.9. The number of para-hydroxylation sites is 1. The summed E-state index contributed by atoms with van der Waals surface area (Å²) in [5, 5.41) is 3.09. The highest BCUT2D eigenvalue weighted by molar-refractivity contribution is 5.94. The lowest BCUT2D eigenvalue weighted by Crippen LogP contribution is -2.39. The second-order valence-electron chi connectivity index (χ2n) is 6.55. The molecule has 0 fully saturated rings. The summed E-state index contributed by atoms with van der Waals surface area (Å²) < 4.78 is 13.6. The van der Waals surface area contributed by atoms with Gasteiger partial charge in [-0.2, -0.15) is 0 Å². The molecule has 2 aromatic carbocycles. The number of fused-ring (bicyclic) bond motifs is 1. The van der Waals surface area contributed by atoms with Crippen molar-refractivity contribution in [3.63, 3.8) is 0 Å².